The van der Waals surface area contributed by atoms with Crippen molar-refractivity contribution >= 4 is 40.3 Å². The molecule has 112 valence electrons. The number of nitrogens with two attached hydrogens (primary N) is 1. The van der Waals surface area contributed by atoms with Gasteiger partial charge in [-0.1, -0.05) is 11.6 Å². The summed E-state index contributed by atoms with van der Waals surface area (Å²) in [6.07, 6.45) is 2.51. The lowest BCUT2D eigenvalue weighted by Gasteiger charge is -2.13. The maximum absolute atomic E-state index is 12.0. The topological polar surface area (TPSA) is 77.2 Å². The van der Waals surface area contributed by atoms with Gasteiger partial charge in [0.25, 0.3) is 0 Å². The fraction of sp³-hybridized carbons (Fsp3) is 0.286. The Labute approximate surface area is 132 Å². The first kappa shape index (κ1) is 15.6. The lowest BCUT2D eigenvalue weighted by molar-refractivity contribution is 0.0527. The van der Waals surface area contributed by atoms with Gasteiger partial charge in [-0.05, 0) is 19.1 Å². The van der Waals surface area contributed by atoms with Crippen molar-refractivity contribution in [1.82, 2.24) is 4.98 Å². The third-order valence-electron chi connectivity index (χ3n) is 2.73. The van der Waals surface area contributed by atoms with Crippen molar-refractivity contribution < 1.29 is 9.53 Å². The molecule has 2 rings (SSSR count). The molecule has 21 heavy (non-hydrogen) atoms. The zero-order valence-corrected chi connectivity index (χ0v) is 13.1. The van der Waals surface area contributed by atoms with Crippen LogP contribution < -0.4 is 11.1 Å². The molecule has 0 aliphatic rings. The first-order valence-electron chi connectivity index (χ1n) is 6.50. The lowest BCUT2D eigenvalue weighted by atomic mass is 10.1. The Morgan fingerprint density at radius 3 is 3.00 bits per heavy atom. The molecule has 0 amide bonds. The molecule has 0 bridgehead atoms. The van der Waals surface area contributed by atoms with Crippen LogP contribution in [0.5, 0.6) is 0 Å². The van der Waals surface area contributed by atoms with Crippen LogP contribution in [-0.4, -0.2) is 24.1 Å². The van der Waals surface area contributed by atoms with E-state index in [2.05, 4.69) is 10.3 Å². The van der Waals surface area contributed by atoms with Gasteiger partial charge in [0, 0.05) is 30.2 Å². The SMILES string of the molecule is CCOC(=O)c1cc(N)cc(Cl)c1NCCc1nccs1. The van der Waals surface area contributed by atoms with Crippen LogP contribution in [0.4, 0.5) is 11.4 Å². The molecule has 1 aromatic carbocycles. The van der Waals surface area contributed by atoms with E-state index in [1.807, 2.05) is 5.38 Å². The Balaban J connectivity index is 2.14. The summed E-state index contributed by atoms with van der Waals surface area (Å²) in [6, 6.07) is 3.17. The highest BCUT2D eigenvalue weighted by atomic mass is 35.5. The summed E-state index contributed by atoms with van der Waals surface area (Å²) in [5, 5.41) is 6.51. The molecular weight excluding hydrogens is 310 g/mol. The second-order valence-electron chi connectivity index (χ2n) is 4.25. The monoisotopic (exact) mass is 325 g/mol. The average molecular weight is 326 g/mol. The van der Waals surface area contributed by atoms with E-state index in [9.17, 15) is 4.79 Å². The van der Waals surface area contributed by atoms with Crippen LogP contribution in [0.25, 0.3) is 0 Å². The molecule has 3 N–H and O–H groups in total. The molecule has 7 heteroatoms. The van der Waals surface area contributed by atoms with Gasteiger partial charge in [-0.3, -0.25) is 0 Å². The van der Waals surface area contributed by atoms with Crippen molar-refractivity contribution in [2.45, 2.75) is 13.3 Å². The van der Waals surface area contributed by atoms with Crippen LogP contribution in [-0.2, 0) is 11.2 Å². The van der Waals surface area contributed by atoms with E-state index in [0.717, 1.165) is 11.4 Å². The summed E-state index contributed by atoms with van der Waals surface area (Å²) in [6.45, 7) is 2.66. The highest BCUT2D eigenvalue weighted by Crippen LogP contribution is 2.30. The fourth-order valence-electron chi connectivity index (χ4n) is 1.85. The summed E-state index contributed by atoms with van der Waals surface area (Å²) < 4.78 is 5.03. The van der Waals surface area contributed by atoms with Crippen LogP contribution in [0.15, 0.2) is 23.7 Å². The van der Waals surface area contributed by atoms with Crippen LogP contribution in [0.3, 0.4) is 0 Å². The first-order valence-corrected chi connectivity index (χ1v) is 7.76. The lowest BCUT2D eigenvalue weighted by Crippen LogP contribution is -2.13. The van der Waals surface area contributed by atoms with Crippen LogP contribution in [0, 0.1) is 0 Å². The van der Waals surface area contributed by atoms with E-state index >= 15 is 0 Å². The Morgan fingerprint density at radius 1 is 1.52 bits per heavy atom. The molecule has 1 heterocycles. The molecule has 0 atom stereocenters. The second-order valence-corrected chi connectivity index (χ2v) is 5.63. The summed E-state index contributed by atoms with van der Waals surface area (Å²) in [5.74, 6) is -0.441. The van der Waals surface area contributed by atoms with Gasteiger partial charge in [0.05, 0.1) is 27.9 Å². The van der Waals surface area contributed by atoms with Gasteiger partial charge in [-0.15, -0.1) is 11.3 Å². The van der Waals surface area contributed by atoms with E-state index in [0.29, 0.717) is 35.1 Å². The number of esters is 1. The van der Waals surface area contributed by atoms with E-state index in [-0.39, 0.29) is 0 Å². The molecule has 0 aliphatic carbocycles. The minimum atomic E-state index is -0.441. The van der Waals surface area contributed by atoms with Crippen LogP contribution in [0.1, 0.15) is 22.3 Å². The number of hydrogen-bond donors (Lipinski definition) is 2. The largest absolute Gasteiger partial charge is 0.462 e. The normalized spacial score (nSPS) is 10.4. The van der Waals surface area contributed by atoms with Crippen molar-refractivity contribution in [2.24, 2.45) is 0 Å². The van der Waals surface area contributed by atoms with E-state index in [4.69, 9.17) is 22.1 Å². The highest BCUT2D eigenvalue weighted by Gasteiger charge is 2.16. The molecule has 0 fully saturated rings. The van der Waals surface area contributed by atoms with Crippen molar-refractivity contribution in [3.8, 4) is 0 Å². The number of nitrogens with one attached hydrogen (secondary N) is 1. The maximum atomic E-state index is 12.0. The van der Waals surface area contributed by atoms with Crippen molar-refractivity contribution in [2.75, 3.05) is 24.2 Å². The third kappa shape index (κ3) is 4.09. The number of hydrogen-bond acceptors (Lipinski definition) is 6. The van der Waals surface area contributed by atoms with Crippen molar-refractivity contribution in [3.05, 3.63) is 39.3 Å². The quantitative estimate of drug-likeness (QED) is 0.630. The average Bonchev–Trinajstić information content (AvgIpc) is 2.94. The Kier molecular flexibility index (Phi) is 5.41. The number of nitrogen functional groups attached to an aromatic ring is 1. The van der Waals surface area contributed by atoms with Gasteiger partial charge >= 0.3 is 5.97 Å². The highest BCUT2D eigenvalue weighted by molar-refractivity contribution is 7.09. The molecule has 0 unspecified atom stereocenters. The predicted molar refractivity (Wildman–Crippen MR) is 86.1 cm³/mol. The Hall–Kier alpha value is -1.79. The molecule has 5 nitrogen and oxygen atoms in total. The number of carbonyl (C=O) groups is 1. The second kappa shape index (κ2) is 7.28. The van der Waals surface area contributed by atoms with E-state index in [1.54, 1.807) is 36.6 Å². The number of nitrogens with zero attached hydrogens (tertiary/aromatic N) is 1. The zero-order valence-electron chi connectivity index (χ0n) is 11.6. The molecule has 0 spiro atoms. The molecule has 0 saturated heterocycles. The van der Waals surface area contributed by atoms with Gasteiger partial charge in [0.2, 0.25) is 0 Å². The third-order valence-corrected chi connectivity index (χ3v) is 3.87. The molecule has 0 saturated carbocycles. The minimum Gasteiger partial charge on any atom is -0.462 e. The molecule has 0 radical (unpaired) electrons. The van der Waals surface area contributed by atoms with Gasteiger partial charge < -0.3 is 15.8 Å². The minimum absolute atomic E-state index is 0.295. The fourth-order valence-corrected chi connectivity index (χ4v) is 2.76. The van der Waals surface area contributed by atoms with Gasteiger partial charge in [0.1, 0.15) is 0 Å². The number of benzene rings is 1. The molecule has 2 aromatic rings. The maximum Gasteiger partial charge on any atom is 0.340 e. The van der Waals surface area contributed by atoms with E-state index in [1.165, 1.54) is 0 Å². The Bertz CT molecular complexity index is 617. The predicted octanol–water partition coefficient (Wildman–Crippen LogP) is 3.21. The molecule has 1 aromatic heterocycles. The number of halogens is 1. The van der Waals surface area contributed by atoms with Gasteiger partial charge in [-0.25, -0.2) is 9.78 Å². The summed E-state index contributed by atoms with van der Waals surface area (Å²) in [4.78, 5) is 16.2. The number of thiazole rings is 1. The Morgan fingerprint density at radius 2 is 2.33 bits per heavy atom. The standard InChI is InChI=1S/C14H16ClN3O2S/c1-2-20-14(19)10-7-9(16)8-11(15)13(10)18-4-3-12-17-5-6-21-12/h5-8,18H,2-4,16H2,1H3. The van der Waals surface area contributed by atoms with Crippen molar-refractivity contribution in [1.29, 1.82) is 0 Å². The first-order chi connectivity index (χ1) is 10.1. The number of aromatic nitrogens is 1. The number of anilines is 2. The summed E-state index contributed by atoms with van der Waals surface area (Å²) >= 11 is 7.76. The summed E-state index contributed by atoms with van der Waals surface area (Å²) in [5.41, 5.74) is 7.05. The van der Waals surface area contributed by atoms with E-state index < -0.39 is 5.97 Å². The summed E-state index contributed by atoms with van der Waals surface area (Å²) in [7, 11) is 0. The zero-order chi connectivity index (χ0) is 15.2. The number of rotatable bonds is 6. The van der Waals surface area contributed by atoms with Gasteiger partial charge in [0.15, 0.2) is 0 Å². The van der Waals surface area contributed by atoms with Gasteiger partial charge in [-0.2, -0.15) is 0 Å². The van der Waals surface area contributed by atoms with Crippen molar-refractivity contribution in [3.63, 3.8) is 0 Å². The number of carbonyl (C=O) groups excluding carboxylic acids is 1. The smallest absolute Gasteiger partial charge is 0.340 e. The van der Waals surface area contributed by atoms with Crippen LogP contribution in [0.2, 0.25) is 5.02 Å². The molecule has 0 aliphatic heterocycles. The number of ether oxygens (including phenoxy) is 1. The molecular formula is C14H16ClN3O2S. The van der Waals surface area contributed by atoms with Crippen LogP contribution >= 0.6 is 22.9 Å².